The standard InChI is InChI=1S/C28H31N5O3/c1-34-27-16-20(2-4-25(27)33-12-14-35-15-13-33)17-28-31-11-8-24(32-28)21-3-5-26(22(18-21)19-29)36-23-6-9-30-10-7-23/h2-5,8,11,16,18,23,30H,6-7,9-10,12-15,17H2,1H3. The molecule has 8 heteroatoms. The fourth-order valence-corrected chi connectivity index (χ4v) is 4.70. The van der Waals surface area contributed by atoms with Crippen molar-refractivity contribution in [1.82, 2.24) is 15.3 Å². The molecule has 2 fully saturated rings. The van der Waals surface area contributed by atoms with E-state index in [0.29, 0.717) is 23.6 Å². The lowest BCUT2D eigenvalue weighted by molar-refractivity contribution is 0.122. The van der Waals surface area contributed by atoms with E-state index in [9.17, 15) is 5.26 Å². The quantitative estimate of drug-likeness (QED) is 0.543. The van der Waals surface area contributed by atoms with Crippen molar-refractivity contribution in [2.45, 2.75) is 25.4 Å². The molecule has 0 radical (unpaired) electrons. The van der Waals surface area contributed by atoms with Gasteiger partial charge in [-0.1, -0.05) is 6.07 Å². The van der Waals surface area contributed by atoms with Crippen LogP contribution in [0.4, 0.5) is 5.69 Å². The van der Waals surface area contributed by atoms with Gasteiger partial charge in [-0.3, -0.25) is 0 Å². The maximum absolute atomic E-state index is 9.74. The van der Waals surface area contributed by atoms with E-state index in [1.54, 1.807) is 13.3 Å². The van der Waals surface area contributed by atoms with Crippen LogP contribution in [-0.2, 0) is 11.2 Å². The van der Waals surface area contributed by atoms with Crippen LogP contribution >= 0.6 is 0 Å². The molecule has 186 valence electrons. The molecule has 36 heavy (non-hydrogen) atoms. The Balaban J connectivity index is 1.33. The van der Waals surface area contributed by atoms with Crippen LogP contribution in [0.25, 0.3) is 11.3 Å². The molecule has 0 atom stereocenters. The van der Waals surface area contributed by atoms with E-state index >= 15 is 0 Å². The highest BCUT2D eigenvalue weighted by molar-refractivity contribution is 5.64. The molecular formula is C28H31N5O3. The molecule has 0 saturated carbocycles. The van der Waals surface area contributed by atoms with E-state index in [1.807, 2.05) is 24.3 Å². The van der Waals surface area contributed by atoms with Crippen LogP contribution in [0.3, 0.4) is 0 Å². The number of nitrogens with zero attached hydrogens (tertiary/aromatic N) is 4. The highest BCUT2D eigenvalue weighted by Gasteiger charge is 2.18. The lowest BCUT2D eigenvalue weighted by Crippen LogP contribution is -2.36. The van der Waals surface area contributed by atoms with E-state index in [4.69, 9.17) is 19.2 Å². The Kier molecular flexibility index (Phi) is 7.60. The van der Waals surface area contributed by atoms with Crippen LogP contribution < -0.4 is 19.7 Å². The first kappa shape index (κ1) is 24.0. The van der Waals surface area contributed by atoms with Crippen LogP contribution in [0, 0.1) is 11.3 Å². The molecule has 8 nitrogen and oxygen atoms in total. The van der Waals surface area contributed by atoms with Gasteiger partial charge in [0.2, 0.25) is 0 Å². The fraction of sp³-hybridized carbons (Fsp3) is 0.393. The van der Waals surface area contributed by atoms with Gasteiger partial charge in [-0.05, 0) is 67.9 Å². The number of nitriles is 1. The predicted octanol–water partition coefficient (Wildman–Crippen LogP) is 3.58. The molecule has 0 aliphatic carbocycles. The van der Waals surface area contributed by atoms with Crippen LogP contribution in [0.1, 0.15) is 29.8 Å². The molecule has 0 spiro atoms. The summed E-state index contributed by atoms with van der Waals surface area (Å²) in [5.41, 5.74) is 4.32. The summed E-state index contributed by atoms with van der Waals surface area (Å²) in [6.45, 7) is 5.04. The minimum absolute atomic E-state index is 0.140. The lowest BCUT2D eigenvalue weighted by atomic mass is 10.1. The molecule has 1 aromatic heterocycles. The van der Waals surface area contributed by atoms with Crippen LogP contribution in [-0.4, -0.2) is 62.6 Å². The summed E-state index contributed by atoms with van der Waals surface area (Å²) >= 11 is 0. The van der Waals surface area contributed by atoms with E-state index in [2.05, 4.69) is 39.5 Å². The van der Waals surface area contributed by atoms with Gasteiger partial charge < -0.3 is 24.4 Å². The normalized spacial score (nSPS) is 16.4. The Bertz CT molecular complexity index is 1230. The van der Waals surface area contributed by atoms with Crippen molar-refractivity contribution in [2.75, 3.05) is 51.4 Å². The number of aromatic nitrogens is 2. The molecule has 1 N–H and O–H groups in total. The fourth-order valence-electron chi connectivity index (χ4n) is 4.70. The molecular weight excluding hydrogens is 454 g/mol. The number of methoxy groups -OCH3 is 1. The van der Waals surface area contributed by atoms with Gasteiger partial charge >= 0.3 is 0 Å². The summed E-state index contributed by atoms with van der Waals surface area (Å²) in [4.78, 5) is 11.6. The zero-order chi connectivity index (χ0) is 24.7. The number of morpholine rings is 1. The summed E-state index contributed by atoms with van der Waals surface area (Å²) in [5.74, 6) is 2.19. The van der Waals surface area contributed by atoms with Crippen molar-refractivity contribution in [3.05, 3.63) is 65.6 Å². The molecule has 3 aromatic rings. The van der Waals surface area contributed by atoms with Gasteiger partial charge in [0.05, 0.1) is 37.3 Å². The van der Waals surface area contributed by atoms with Gasteiger partial charge in [0.25, 0.3) is 0 Å². The summed E-state index contributed by atoms with van der Waals surface area (Å²) in [7, 11) is 1.70. The SMILES string of the molecule is COc1cc(Cc2nccc(-c3ccc(OC4CCNCC4)c(C#N)c3)n2)ccc1N1CCOCC1. The summed E-state index contributed by atoms with van der Waals surface area (Å²) in [6, 6.07) is 16.1. The van der Waals surface area contributed by atoms with E-state index < -0.39 is 0 Å². The van der Waals surface area contributed by atoms with Crippen molar-refractivity contribution in [2.24, 2.45) is 0 Å². The number of hydrogen-bond acceptors (Lipinski definition) is 8. The Labute approximate surface area is 211 Å². The van der Waals surface area contributed by atoms with Gasteiger partial charge in [-0.2, -0.15) is 5.26 Å². The largest absolute Gasteiger partial charge is 0.495 e. The molecule has 0 unspecified atom stereocenters. The number of piperidine rings is 1. The van der Waals surface area contributed by atoms with E-state index in [-0.39, 0.29) is 6.10 Å². The third-order valence-corrected chi connectivity index (χ3v) is 6.64. The number of benzene rings is 2. The number of nitrogens with one attached hydrogen (secondary N) is 1. The average Bonchev–Trinajstić information content (AvgIpc) is 2.94. The minimum Gasteiger partial charge on any atom is -0.495 e. The molecule has 2 aliphatic heterocycles. The van der Waals surface area contributed by atoms with E-state index in [1.165, 1.54) is 0 Å². The van der Waals surface area contributed by atoms with Gasteiger partial charge in [0.15, 0.2) is 0 Å². The zero-order valence-corrected chi connectivity index (χ0v) is 20.6. The van der Waals surface area contributed by atoms with Crippen molar-refractivity contribution in [3.8, 4) is 28.8 Å². The van der Waals surface area contributed by atoms with Crippen LogP contribution in [0.5, 0.6) is 11.5 Å². The lowest BCUT2D eigenvalue weighted by Gasteiger charge is -2.30. The van der Waals surface area contributed by atoms with Gasteiger partial charge in [0.1, 0.15) is 29.5 Å². The highest BCUT2D eigenvalue weighted by atomic mass is 16.5. The first-order chi connectivity index (χ1) is 17.7. The predicted molar refractivity (Wildman–Crippen MR) is 138 cm³/mol. The molecule has 0 bridgehead atoms. The average molecular weight is 486 g/mol. The smallest absolute Gasteiger partial charge is 0.142 e. The van der Waals surface area contributed by atoms with Crippen LogP contribution in [0.15, 0.2) is 48.7 Å². The molecule has 3 heterocycles. The molecule has 0 amide bonds. The Hall–Kier alpha value is -3.67. The maximum atomic E-state index is 9.74. The molecule has 2 aliphatic rings. The van der Waals surface area contributed by atoms with E-state index in [0.717, 1.165) is 80.5 Å². The summed E-state index contributed by atoms with van der Waals surface area (Å²) in [6.07, 6.45) is 4.37. The number of hydrogen-bond donors (Lipinski definition) is 1. The summed E-state index contributed by atoms with van der Waals surface area (Å²) in [5, 5.41) is 13.1. The van der Waals surface area contributed by atoms with Gasteiger partial charge in [0, 0.05) is 31.3 Å². The van der Waals surface area contributed by atoms with Crippen molar-refractivity contribution >= 4 is 5.69 Å². The monoisotopic (exact) mass is 485 g/mol. The second-order valence-electron chi connectivity index (χ2n) is 9.03. The second kappa shape index (κ2) is 11.4. The first-order valence-electron chi connectivity index (χ1n) is 12.5. The first-order valence-corrected chi connectivity index (χ1v) is 12.5. The minimum atomic E-state index is 0.140. The topological polar surface area (TPSA) is 92.5 Å². The molecule has 2 aromatic carbocycles. The number of rotatable bonds is 7. The van der Waals surface area contributed by atoms with Gasteiger partial charge in [-0.15, -0.1) is 0 Å². The second-order valence-corrected chi connectivity index (χ2v) is 9.03. The molecule has 5 rings (SSSR count). The zero-order valence-electron chi connectivity index (χ0n) is 20.6. The highest BCUT2D eigenvalue weighted by Crippen LogP contribution is 2.31. The third kappa shape index (κ3) is 5.59. The van der Waals surface area contributed by atoms with Crippen molar-refractivity contribution < 1.29 is 14.2 Å². The maximum Gasteiger partial charge on any atom is 0.142 e. The van der Waals surface area contributed by atoms with Crippen molar-refractivity contribution in [1.29, 1.82) is 5.26 Å². The number of anilines is 1. The Morgan fingerprint density at radius 3 is 2.69 bits per heavy atom. The summed E-state index contributed by atoms with van der Waals surface area (Å²) < 4.78 is 17.3. The van der Waals surface area contributed by atoms with Crippen LogP contribution in [0.2, 0.25) is 0 Å². The van der Waals surface area contributed by atoms with Crippen molar-refractivity contribution in [3.63, 3.8) is 0 Å². The van der Waals surface area contributed by atoms with Gasteiger partial charge in [-0.25, -0.2) is 9.97 Å². The molecule has 2 saturated heterocycles. The Morgan fingerprint density at radius 1 is 1.08 bits per heavy atom. The number of ether oxygens (including phenoxy) is 3. The third-order valence-electron chi connectivity index (χ3n) is 6.64. The Morgan fingerprint density at radius 2 is 1.92 bits per heavy atom.